The molecule has 1 amide bonds. The van der Waals surface area contributed by atoms with Crippen LogP contribution in [0.4, 0.5) is 0 Å². The van der Waals surface area contributed by atoms with E-state index in [4.69, 9.17) is 4.74 Å². The summed E-state index contributed by atoms with van der Waals surface area (Å²) in [5.74, 6) is 0.0591. The first-order valence-electron chi connectivity index (χ1n) is 9.89. The first-order chi connectivity index (χ1) is 13.7. The second-order valence-electron chi connectivity index (χ2n) is 7.33. The molecule has 0 bridgehead atoms. The molecule has 2 aromatic carbocycles. The molecule has 0 radical (unpaired) electrons. The maximum atomic E-state index is 12.7. The van der Waals surface area contributed by atoms with Crippen LogP contribution in [0.1, 0.15) is 17.3 Å². The van der Waals surface area contributed by atoms with Crippen LogP contribution < -0.4 is 5.32 Å². The van der Waals surface area contributed by atoms with Crippen molar-refractivity contribution in [3.8, 4) is 0 Å². The van der Waals surface area contributed by atoms with E-state index in [-0.39, 0.29) is 11.9 Å². The number of carbonyl (C=O) groups excluding carboxylic acids is 1. The smallest absolute Gasteiger partial charge is 0.224 e. The summed E-state index contributed by atoms with van der Waals surface area (Å²) >= 11 is 0. The summed E-state index contributed by atoms with van der Waals surface area (Å²) in [6.45, 7) is 3.85. The van der Waals surface area contributed by atoms with Crippen molar-refractivity contribution in [3.05, 3.63) is 72.1 Å². The number of benzene rings is 2. The van der Waals surface area contributed by atoms with E-state index in [0.29, 0.717) is 13.0 Å². The zero-order valence-electron chi connectivity index (χ0n) is 16.3. The summed E-state index contributed by atoms with van der Waals surface area (Å²) in [4.78, 5) is 15.1. The van der Waals surface area contributed by atoms with Crippen molar-refractivity contribution in [1.29, 1.82) is 0 Å². The van der Waals surface area contributed by atoms with Crippen molar-refractivity contribution in [2.24, 2.45) is 7.05 Å². The van der Waals surface area contributed by atoms with Crippen molar-refractivity contribution in [2.75, 3.05) is 32.8 Å². The summed E-state index contributed by atoms with van der Waals surface area (Å²) < 4.78 is 7.64. The van der Waals surface area contributed by atoms with Crippen LogP contribution in [0.3, 0.4) is 0 Å². The zero-order chi connectivity index (χ0) is 19.3. The van der Waals surface area contributed by atoms with Gasteiger partial charge in [0.1, 0.15) is 0 Å². The molecule has 0 saturated carbocycles. The third-order valence-corrected chi connectivity index (χ3v) is 5.54. The number of amides is 1. The van der Waals surface area contributed by atoms with Gasteiger partial charge in [-0.05, 0) is 28.5 Å². The highest BCUT2D eigenvalue weighted by Gasteiger charge is 2.24. The molecule has 2 heterocycles. The van der Waals surface area contributed by atoms with Gasteiger partial charge < -0.3 is 14.6 Å². The van der Waals surface area contributed by atoms with Crippen LogP contribution in [0, 0.1) is 0 Å². The molecule has 146 valence electrons. The standard InChI is InChI=1S/C23H27N3O2/c1-25-11-5-10-21(25)22(26-12-14-28-15-13-26)17-24-23(27)16-19-8-4-7-18-6-2-3-9-20(18)19/h2-11,22H,12-17H2,1H3,(H,24,27)/t22-/m0/s1. The molecule has 1 saturated heterocycles. The summed E-state index contributed by atoms with van der Waals surface area (Å²) in [6.07, 6.45) is 2.45. The van der Waals surface area contributed by atoms with Gasteiger partial charge in [0.25, 0.3) is 0 Å². The summed E-state index contributed by atoms with van der Waals surface area (Å²) in [5.41, 5.74) is 2.28. The van der Waals surface area contributed by atoms with Crippen LogP contribution in [-0.4, -0.2) is 48.2 Å². The molecule has 4 rings (SSSR count). The summed E-state index contributed by atoms with van der Waals surface area (Å²) in [7, 11) is 2.06. The predicted molar refractivity (Wildman–Crippen MR) is 111 cm³/mol. The number of rotatable bonds is 6. The monoisotopic (exact) mass is 377 g/mol. The fourth-order valence-electron chi connectivity index (χ4n) is 4.02. The number of hydrogen-bond donors (Lipinski definition) is 1. The Kier molecular flexibility index (Phi) is 5.74. The first-order valence-corrected chi connectivity index (χ1v) is 9.89. The molecule has 0 spiro atoms. The molecule has 1 aliphatic heterocycles. The summed E-state index contributed by atoms with van der Waals surface area (Å²) in [5, 5.41) is 5.49. The number of carbonyl (C=O) groups is 1. The highest BCUT2D eigenvalue weighted by atomic mass is 16.5. The second-order valence-corrected chi connectivity index (χ2v) is 7.33. The second kappa shape index (κ2) is 8.59. The van der Waals surface area contributed by atoms with Crippen LogP contribution in [0.2, 0.25) is 0 Å². The first kappa shape index (κ1) is 18.7. The largest absolute Gasteiger partial charge is 0.379 e. The Labute approximate surface area is 165 Å². The van der Waals surface area contributed by atoms with Crippen molar-refractivity contribution in [2.45, 2.75) is 12.5 Å². The molecule has 3 aromatic rings. The molecular formula is C23H27N3O2. The van der Waals surface area contributed by atoms with E-state index in [1.807, 2.05) is 24.3 Å². The summed E-state index contributed by atoms with van der Waals surface area (Å²) in [6, 6.07) is 18.7. The van der Waals surface area contributed by atoms with E-state index in [1.165, 1.54) is 11.1 Å². The number of nitrogens with zero attached hydrogens (tertiary/aromatic N) is 2. The topological polar surface area (TPSA) is 46.5 Å². The van der Waals surface area contributed by atoms with Gasteiger partial charge in [0.2, 0.25) is 5.91 Å². The molecule has 5 nitrogen and oxygen atoms in total. The van der Waals surface area contributed by atoms with Crippen molar-refractivity contribution >= 4 is 16.7 Å². The fraction of sp³-hybridized carbons (Fsp3) is 0.348. The van der Waals surface area contributed by atoms with E-state index >= 15 is 0 Å². The molecule has 0 aliphatic carbocycles. The quantitative estimate of drug-likeness (QED) is 0.719. The van der Waals surface area contributed by atoms with Crippen LogP contribution in [0.5, 0.6) is 0 Å². The zero-order valence-corrected chi connectivity index (χ0v) is 16.3. The van der Waals surface area contributed by atoms with Crippen molar-refractivity contribution in [3.63, 3.8) is 0 Å². The van der Waals surface area contributed by atoms with Crippen molar-refractivity contribution in [1.82, 2.24) is 14.8 Å². The lowest BCUT2D eigenvalue weighted by Crippen LogP contribution is -2.44. The Bertz CT molecular complexity index is 938. The van der Waals surface area contributed by atoms with E-state index in [1.54, 1.807) is 0 Å². The molecular weight excluding hydrogens is 350 g/mol. The lowest BCUT2D eigenvalue weighted by Gasteiger charge is -2.35. The van der Waals surface area contributed by atoms with Gasteiger partial charge in [-0.1, -0.05) is 42.5 Å². The van der Waals surface area contributed by atoms with Gasteiger partial charge in [-0.3, -0.25) is 9.69 Å². The Morgan fingerprint density at radius 3 is 2.64 bits per heavy atom. The van der Waals surface area contributed by atoms with Gasteiger partial charge in [-0.2, -0.15) is 0 Å². The van der Waals surface area contributed by atoms with Crippen molar-refractivity contribution < 1.29 is 9.53 Å². The highest BCUT2D eigenvalue weighted by molar-refractivity contribution is 5.90. The van der Waals surface area contributed by atoms with Crippen LogP contribution in [0.15, 0.2) is 60.8 Å². The Morgan fingerprint density at radius 1 is 1.07 bits per heavy atom. The van der Waals surface area contributed by atoms with Gasteiger partial charge in [-0.15, -0.1) is 0 Å². The molecule has 28 heavy (non-hydrogen) atoms. The number of ether oxygens (including phenoxy) is 1. The number of hydrogen-bond acceptors (Lipinski definition) is 3. The predicted octanol–water partition coefficient (Wildman–Crippen LogP) is 2.91. The average Bonchev–Trinajstić information content (AvgIpc) is 3.15. The minimum absolute atomic E-state index is 0.0591. The number of aryl methyl sites for hydroxylation is 1. The molecule has 1 fully saturated rings. The fourth-order valence-corrected chi connectivity index (χ4v) is 4.02. The SMILES string of the molecule is Cn1cccc1[C@H](CNC(=O)Cc1cccc2ccccc12)N1CCOCC1. The van der Waals surface area contributed by atoms with Gasteiger partial charge in [0.05, 0.1) is 25.7 Å². The van der Waals surface area contributed by atoms with E-state index in [2.05, 4.69) is 58.4 Å². The lowest BCUT2D eigenvalue weighted by atomic mass is 10.0. The minimum atomic E-state index is 0.0591. The Hall–Kier alpha value is -2.63. The molecule has 1 aromatic heterocycles. The van der Waals surface area contributed by atoms with E-state index in [0.717, 1.165) is 37.3 Å². The Balaban J connectivity index is 1.46. The third kappa shape index (κ3) is 4.11. The number of aromatic nitrogens is 1. The van der Waals surface area contributed by atoms with Gasteiger partial charge in [0, 0.05) is 38.6 Å². The van der Waals surface area contributed by atoms with Crippen LogP contribution in [-0.2, 0) is 23.0 Å². The number of nitrogens with one attached hydrogen (secondary N) is 1. The van der Waals surface area contributed by atoms with E-state index < -0.39 is 0 Å². The maximum absolute atomic E-state index is 12.7. The number of fused-ring (bicyclic) bond motifs is 1. The highest BCUT2D eigenvalue weighted by Crippen LogP contribution is 2.22. The third-order valence-electron chi connectivity index (χ3n) is 5.54. The average molecular weight is 377 g/mol. The van der Waals surface area contributed by atoms with Crippen LogP contribution in [0.25, 0.3) is 10.8 Å². The number of morpholine rings is 1. The van der Waals surface area contributed by atoms with E-state index in [9.17, 15) is 4.79 Å². The minimum Gasteiger partial charge on any atom is -0.379 e. The van der Waals surface area contributed by atoms with Gasteiger partial charge >= 0.3 is 0 Å². The van der Waals surface area contributed by atoms with Crippen LogP contribution >= 0.6 is 0 Å². The molecule has 1 atom stereocenters. The molecule has 5 heteroatoms. The van der Waals surface area contributed by atoms with Gasteiger partial charge in [0.15, 0.2) is 0 Å². The molecule has 1 N–H and O–H groups in total. The molecule has 1 aliphatic rings. The van der Waals surface area contributed by atoms with Gasteiger partial charge in [-0.25, -0.2) is 0 Å². The maximum Gasteiger partial charge on any atom is 0.224 e. The lowest BCUT2D eigenvalue weighted by molar-refractivity contribution is -0.120. The Morgan fingerprint density at radius 2 is 1.86 bits per heavy atom. The molecule has 0 unspecified atom stereocenters. The normalized spacial score (nSPS) is 16.2.